The van der Waals surface area contributed by atoms with E-state index in [1.165, 1.54) is 6.92 Å². The van der Waals surface area contributed by atoms with Gasteiger partial charge in [0.2, 0.25) is 6.79 Å². The number of aliphatic hydroxyl groups excluding tert-OH is 1. The molecule has 1 aromatic carbocycles. The van der Waals surface area contributed by atoms with Gasteiger partial charge in [0.15, 0.2) is 21.3 Å². The summed E-state index contributed by atoms with van der Waals surface area (Å²) in [6.07, 6.45) is 0. The van der Waals surface area contributed by atoms with E-state index in [4.69, 9.17) is 9.47 Å². The molecule has 0 aromatic heterocycles. The molecule has 1 heterocycles. The summed E-state index contributed by atoms with van der Waals surface area (Å²) in [6, 6.07) is 4.83. The predicted molar refractivity (Wildman–Crippen MR) is 75.7 cm³/mol. The lowest BCUT2D eigenvalue weighted by Crippen LogP contribution is -2.28. The minimum Gasteiger partial charge on any atom is -0.481 e. The third-order valence-electron chi connectivity index (χ3n) is 4.46. The largest absolute Gasteiger partial charge is 0.481 e. The second-order valence-electron chi connectivity index (χ2n) is 5.47. The van der Waals surface area contributed by atoms with Gasteiger partial charge in [-0.15, -0.1) is 0 Å². The van der Waals surface area contributed by atoms with Crippen molar-refractivity contribution in [3.63, 3.8) is 0 Å². The van der Waals surface area contributed by atoms with Gasteiger partial charge in [-0.05, 0) is 17.7 Å². The minimum atomic E-state index is -3.61. The van der Waals surface area contributed by atoms with E-state index < -0.39 is 39.0 Å². The smallest absolute Gasteiger partial charge is 0.314 e. The zero-order valence-electron chi connectivity index (χ0n) is 11.9. The van der Waals surface area contributed by atoms with Crippen LogP contribution in [-0.2, 0) is 14.6 Å². The van der Waals surface area contributed by atoms with Crippen molar-refractivity contribution in [3.05, 3.63) is 23.8 Å². The van der Waals surface area contributed by atoms with Crippen molar-refractivity contribution in [2.75, 3.05) is 19.2 Å². The van der Waals surface area contributed by atoms with Gasteiger partial charge in [-0.2, -0.15) is 0 Å². The number of aliphatic carboxylic acids is 1. The molecule has 1 saturated carbocycles. The summed E-state index contributed by atoms with van der Waals surface area (Å²) < 4.78 is 34.9. The first kappa shape index (κ1) is 15.1. The summed E-state index contributed by atoms with van der Waals surface area (Å²) in [4.78, 5) is 11.6. The van der Waals surface area contributed by atoms with E-state index in [-0.39, 0.29) is 12.5 Å². The van der Waals surface area contributed by atoms with Crippen LogP contribution in [0.4, 0.5) is 0 Å². The van der Waals surface area contributed by atoms with E-state index in [1.807, 2.05) is 0 Å². The van der Waals surface area contributed by atoms with Gasteiger partial charge >= 0.3 is 5.97 Å². The van der Waals surface area contributed by atoms with Crippen molar-refractivity contribution >= 4 is 15.8 Å². The topological polar surface area (TPSA) is 110 Å². The summed E-state index contributed by atoms with van der Waals surface area (Å²) in [5.74, 6) is -1.29. The molecule has 3 rings (SSSR count). The molecule has 22 heavy (non-hydrogen) atoms. The summed E-state index contributed by atoms with van der Waals surface area (Å²) >= 11 is 0. The molecular formula is C14H16O7S. The van der Waals surface area contributed by atoms with Crippen molar-refractivity contribution < 1.29 is 32.9 Å². The Balaban J connectivity index is 2.06. The van der Waals surface area contributed by atoms with Crippen molar-refractivity contribution in [3.8, 4) is 11.5 Å². The summed E-state index contributed by atoms with van der Waals surface area (Å²) in [7, 11) is -3.61. The lowest BCUT2D eigenvalue weighted by atomic mass is 10.00. The Morgan fingerprint density at radius 3 is 2.64 bits per heavy atom. The van der Waals surface area contributed by atoms with E-state index in [9.17, 15) is 23.4 Å². The monoisotopic (exact) mass is 328 g/mol. The first-order valence-electron chi connectivity index (χ1n) is 6.84. The molecule has 1 fully saturated rings. The first-order chi connectivity index (χ1) is 10.4. The maximum Gasteiger partial charge on any atom is 0.314 e. The number of ether oxygens (including phenoxy) is 2. The van der Waals surface area contributed by atoms with Crippen LogP contribution in [0, 0.1) is 5.41 Å². The molecule has 3 atom stereocenters. The zero-order valence-corrected chi connectivity index (χ0v) is 12.7. The lowest BCUT2D eigenvalue weighted by molar-refractivity contribution is -0.145. The van der Waals surface area contributed by atoms with Crippen molar-refractivity contribution in [1.82, 2.24) is 0 Å². The Morgan fingerprint density at radius 2 is 2.05 bits per heavy atom. The molecule has 0 saturated heterocycles. The molecule has 1 aliphatic carbocycles. The number of hydrogen-bond donors (Lipinski definition) is 2. The van der Waals surface area contributed by atoms with E-state index >= 15 is 0 Å². The van der Waals surface area contributed by atoms with Crippen LogP contribution in [-0.4, -0.2) is 49.0 Å². The van der Waals surface area contributed by atoms with Gasteiger partial charge in [0, 0.05) is 11.7 Å². The van der Waals surface area contributed by atoms with Gasteiger partial charge in [0.05, 0.1) is 11.9 Å². The summed E-state index contributed by atoms with van der Waals surface area (Å²) in [5, 5.41) is 17.9. The lowest BCUT2D eigenvalue weighted by Gasteiger charge is -2.09. The van der Waals surface area contributed by atoms with Crippen LogP contribution in [0.15, 0.2) is 18.2 Å². The number of aliphatic hydroxyl groups is 1. The third kappa shape index (κ3) is 1.90. The number of carbonyl (C=O) groups is 1. The molecule has 120 valence electrons. The number of benzene rings is 1. The normalized spacial score (nSPS) is 29.4. The van der Waals surface area contributed by atoms with Gasteiger partial charge in [-0.1, -0.05) is 13.0 Å². The Hall–Kier alpha value is -1.80. The number of sulfone groups is 1. The van der Waals surface area contributed by atoms with Crippen LogP contribution in [0.2, 0.25) is 0 Å². The fourth-order valence-electron chi connectivity index (χ4n) is 3.20. The van der Waals surface area contributed by atoms with E-state index in [0.717, 1.165) is 0 Å². The maximum absolute atomic E-state index is 12.2. The standard InChI is InChI=1S/C14H16O7S/c1-2-22(18,19)12-11(14(12,6-15)13(16)17)8-3-4-9-10(5-8)21-7-20-9/h3-5,11-12,15H,2,6-7H2,1H3,(H,16,17)/t11-,12+,14+/m0/s1. The number of rotatable bonds is 5. The van der Waals surface area contributed by atoms with E-state index in [1.54, 1.807) is 18.2 Å². The van der Waals surface area contributed by atoms with E-state index in [0.29, 0.717) is 17.1 Å². The summed E-state index contributed by atoms with van der Waals surface area (Å²) in [5.41, 5.74) is -1.18. The summed E-state index contributed by atoms with van der Waals surface area (Å²) in [6.45, 7) is 0.809. The molecule has 2 aliphatic rings. The Labute approximate surface area is 127 Å². The molecular weight excluding hydrogens is 312 g/mol. The fraction of sp³-hybridized carbons (Fsp3) is 0.500. The number of carboxylic acids is 1. The van der Waals surface area contributed by atoms with Crippen LogP contribution in [0.3, 0.4) is 0 Å². The molecule has 0 unspecified atom stereocenters. The molecule has 7 nitrogen and oxygen atoms in total. The highest BCUT2D eigenvalue weighted by Crippen LogP contribution is 2.63. The van der Waals surface area contributed by atoms with Crippen LogP contribution >= 0.6 is 0 Å². The highest BCUT2D eigenvalue weighted by atomic mass is 32.2. The van der Waals surface area contributed by atoms with Gasteiger partial charge in [0.1, 0.15) is 5.41 Å². The average Bonchev–Trinajstić information content (AvgIpc) is 3.00. The number of fused-ring (bicyclic) bond motifs is 1. The molecule has 0 amide bonds. The molecule has 1 aromatic rings. The van der Waals surface area contributed by atoms with Gasteiger partial charge in [-0.25, -0.2) is 8.42 Å². The van der Waals surface area contributed by atoms with Gasteiger partial charge < -0.3 is 19.7 Å². The molecule has 1 aliphatic heterocycles. The number of hydrogen-bond acceptors (Lipinski definition) is 6. The second-order valence-corrected chi connectivity index (χ2v) is 7.88. The quantitative estimate of drug-likeness (QED) is 0.804. The molecule has 0 spiro atoms. The Kier molecular flexibility index (Phi) is 3.33. The maximum atomic E-state index is 12.2. The third-order valence-corrected chi connectivity index (χ3v) is 6.73. The second kappa shape index (κ2) is 4.85. The first-order valence-corrected chi connectivity index (χ1v) is 8.55. The van der Waals surface area contributed by atoms with Gasteiger partial charge in [0.25, 0.3) is 0 Å². The van der Waals surface area contributed by atoms with Crippen LogP contribution in [0.5, 0.6) is 11.5 Å². The van der Waals surface area contributed by atoms with Gasteiger partial charge in [-0.3, -0.25) is 4.79 Å². The van der Waals surface area contributed by atoms with Crippen LogP contribution in [0.25, 0.3) is 0 Å². The predicted octanol–water partition coefficient (Wildman–Crippen LogP) is 0.379. The minimum absolute atomic E-state index is 0.0736. The van der Waals surface area contributed by atoms with Crippen molar-refractivity contribution in [2.45, 2.75) is 18.1 Å². The SMILES string of the molecule is CCS(=O)(=O)[C@@H]1[C@H](c2ccc3c(c2)OCO3)[C@@]1(CO)C(=O)O. The highest BCUT2D eigenvalue weighted by molar-refractivity contribution is 7.92. The Bertz CT molecular complexity index is 727. The van der Waals surface area contributed by atoms with Crippen molar-refractivity contribution in [2.24, 2.45) is 5.41 Å². The number of carboxylic acid groups (broad SMARTS) is 1. The molecule has 0 radical (unpaired) electrons. The van der Waals surface area contributed by atoms with Crippen LogP contribution in [0.1, 0.15) is 18.4 Å². The average molecular weight is 328 g/mol. The molecule has 8 heteroatoms. The Morgan fingerprint density at radius 1 is 1.36 bits per heavy atom. The fourth-order valence-corrected chi connectivity index (χ4v) is 5.26. The van der Waals surface area contributed by atoms with E-state index in [2.05, 4.69) is 0 Å². The highest BCUT2D eigenvalue weighted by Gasteiger charge is 2.75. The molecule has 2 N–H and O–H groups in total. The van der Waals surface area contributed by atoms with Crippen molar-refractivity contribution in [1.29, 1.82) is 0 Å². The molecule has 0 bridgehead atoms. The zero-order chi connectivity index (χ0) is 16.1. The van der Waals surface area contributed by atoms with Crippen LogP contribution < -0.4 is 9.47 Å².